The summed E-state index contributed by atoms with van der Waals surface area (Å²) in [5, 5.41) is 5.20. The van der Waals surface area contributed by atoms with Gasteiger partial charge in [-0.05, 0) is 64.5 Å². The summed E-state index contributed by atoms with van der Waals surface area (Å²) in [7, 11) is 0. The zero-order valence-corrected chi connectivity index (χ0v) is 24.8. The van der Waals surface area contributed by atoms with E-state index in [0.717, 1.165) is 0 Å². The van der Waals surface area contributed by atoms with Gasteiger partial charge in [-0.2, -0.15) is 0 Å². The molecular formula is C42H24BN3. The smallest absolute Gasteiger partial charge is 0.333 e. The van der Waals surface area contributed by atoms with E-state index >= 15 is 0 Å². The predicted octanol–water partition coefficient (Wildman–Crippen LogP) is 9.10. The Balaban J connectivity index is 1.35. The maximum atomic E-state index is 2.62. The Morgan fingerprint density at radius 2 is 1.02 bits per heavy atom. The first-order chi connectivity index (χ1) is 22.9. The van der Waals surface area contributed by atoms with Crippen LogP contribution in [0, 0.1) is 0 Å². The second-order valence-corrected chi connectivity index (χ2v) is 12.8. The number of anilines is 2. The van der Waals surface area contributed by atoms with Gasteiger partial charge in [-0.1, -0.05) is 103 Å². The molecule has 0 bridgehead atoms. The lowest BCUT2D eigenvalue weighted by Gasteiger charge is -2.46. The van der Waals surface area contributed by atoms with E-state index in [1.165, 1.54) is 99.5 Å². The molecule has 7 aromatic carbocycles. The Kier molecular flexibility index (Phi) is 4.06. The van der Waals surface area contributed by atoms with E-state index in [2.05, 4.69) is 160 Å². The molecule has 0 unspecified atom stereocenters. The summed E-state index contributed by atoms with van der Waals surface area (Å²) in [5.41, 5.74) is 18.2. The molecule has 3 nitrogen and oxygen atoms in total. The van der Waals surface area contributed by atoms with Crippen LogP contribution in [0.25, 0.3) is 77.2 Å². The molecule has 210 valence electrons. The first kappa shape index (κ1) is 23.4. The van der Waals surface area contributed by atoms with Gasteiger partial charge in [0, 0.05) is 55.4 Å². The largest absolute Gasteiger partial charge is 0.376 e. The summed E-state index contributed by atoms with van der Waals surface area (Å²) in [4.78, 5) is 2.62. The van der Waals surface area contributed by atoms with Gasteiger partial charge >= 0.3 is 6.85 Å². The van der Waals surface area contributed by atoms with Crippen molar-refractivity contribution in [3.05, 3.63) is 146 Å². The SMILES string of the molecule is c1ccc(-n2c3ccccc3c3ccc4c(c5ccc6c7c5n4-c4cccc5c4B7N(c4ccccc4-5)c4ccccc4-6)c32)cc1. The van der Waals surface area contributed by atoms with Gasteiger partial charge in [-0.3, -0.25) is 0 Å². The van der Waals surface area contributed by atoms with Crippen LogP contribution < -0.4 is 15.7 Å². The van der Waals surface area contributed by atoms with Crippen LogP contribution in [0.3, 0.4) is 0 Å². The number of aromatic nitrogens is 2. The normalized spacial score (nSPS) is 13.6. The summed E-state index contributed by atoms with van der Waals surface area (Å²) in [6, 6.07) is 54.1. The molecule has 0 saturated heterocycles. The lowest BCUT2D eigenvalue weighted by atomic mass is 9.41. The van der Waals surface area contributed by atoms with Gasteiger partial charge in [0.2, 0.25) is 0 Å². The monoisotopic (exact) mass is 581 g/mol. The highest BCUT2D eigenvalue weighted by molar-refractivity contribution is 6.95. The van der Waals surface area contributed by atoms with Crippen molar-refractivity contribution < 1.29 is 0 Å². The Labute approximate surface area is 265 Å². The molecular weight excluding hydrogens is 557 g/mol. The minimum absolute atomic E-state index is 0.0991. The van der Waals surface area contributed by atoms with Crippen molar-refractivity contribution in [3.63, 3.8) is 0 Å². The minimum atomic E-state index is 0.0991. The molecule has 0 atom stereocenters. The molecule has 3 aliphatic heterocycles. The lowest BCUT2D eigenvalue weighted by Crippen LogP contribution is -2.62. The number of benzene rings is 7. The van der Waals surface area contributed by atoms with Crippen molar-refractivity contribution in [2.75, 3.05) is 4.81 Å². The molecule has 0 aliphatic carbocycles. The fraction of sp³-hybridized carbons (Fsp3) is 0. The van der Waals surface area contributed by atoms with Crippen molar-refractivity contribution in [1.82, 2.24) is 9.13 Å². The van der Waals surface area contributed by atoms with Crippen molar-refractivity contribution in [2.45, 2.75) is 0 Å². The van der Waals surface area contributed by atoms with Crippen molar-refractivity contribution >= 4 is 72.8 Å². The van der Waals surface area contributed by atoms with E-state index in [1.807, 2.05) is 0 Å². The number of hydrogen-bond donors (Lipinski definition) is 0. The molecule has 4 heteroatoms. The van der Waals surface area contributed by atoms with Gasteiger partial charge in [-0.25, -0.2) is 0 Å². The molecule has 5 heterocycles. The third kappa shape index (κ3) is 2.54. The zero-order valence-electron chi connectivity index (χ0n) is 24.8. The lowest BCUT2D eigenvalue weighted by molar-refractivity contribution is 1.17. The number of rotatable bonds is 1. The molecule has 0 saturated carbocycles. The number of para-hydroxylation sites is 4. The maximum Gasteiger partial charge on any atom is 0.333 e. The summed E-state index contributed by atoms with van der Waals surface area (Å²) < 4.78 is 5.07. The van der Waals surface area contributed by atoms with Gasteiger partial charge in [0.1, 0.15) is 0 Å². The van der Waals surface area contributed by atoms with Gasteiger partial charge in [0.25, 0.3) is 0 Å². The summed E-state index contributed by atoms with van der Waals surface area (Å²) >= 11 is 0. The second kappa shape index (κ2) is 7.98. The Bertz CT molecular complexity index is 2820. The number of fused-ring (bicyclic) bond motifs is 14. The van der Waals surface area contributed by atoms with E-state index in [-0.39, 0.29) is 6.85 Å². The maximum absolute atomic E-state index is 2.62. The Morgan fingerprint density at radius 3 is 1.85 bits per heavy atom. The van der Waals surface area contributed by atoms with Crippen LogP contribution in [-0.2, 0) is 0 Å². The van der Waals surface area contributed by atoms with E-state index < -0.39 is 0 Å². The van der Waals surface area contributed by atoms with E-state index in [4.69, 9.17) is 0 Å². The van der Waals surface area contributed by atoms with E-state index in [9.17, 15) is 0 Å². The third-order valence-electron chi connectivity index (χ3n) is 10.8. The second-order valence-electron chi connectivity index (χ2n) is 12.8. The standard InChI is InChI=1S/C42H24BN3/c1-2-11-25(12-3-1)44-33-17-7-4-15-28(33)31-23-24-36-38(41(31)44)32-22-21-30-27-14-6-9-19-35(27)46-34-18-8-5-13-26(34)29-16-10-20-37-39(29)43(46)40(30)42(32)45(36)37/h1-24H. The number of nitrogens with zero attached hydrogens (tertiary/aromatic N) is 3. The van der Waals surface area contributed by atoms with Gasteiger partial charge in [-0.15, -0.1) is 0 Å². The van der Waals surface area contributed by atoms with Crippen LogP contribution >= 0.6 is 0 Å². The minimum Gasteiger partial charge on any atom is -0.376 e. The highest BCUT2D eigenvalue weighted by Crippen LogP contribution is 2.50. The van der Waals surface area contributed by atoms with Crippen molar-refractivity contribution in [2.24, 2.45) is 0 Å². The molecule has 0 radical (unpaired) electrons. The zero-order chi connectivity index (χ0) is 29.7. The van der Waals surface area contributed by atoms with Crippen LogP contribution in [0.2, 0.25) is 0 Å². The first-order valence-corrected chi connectivity index (χ1v) is 16.1. The molecule has 12 rings (SSSR count). The van der Waals surface area contributed by atoms with Crippen molar-refractivity contribution in [3.8, 4) is 33.6 Å². The molecule has 0 N–H and O–H groups in total. The topological polar surface area (TPSA) is 13.1 Å². The van der Waals surface area contributed by atoms with Crippen LogP contribution in [-0.4, -0.2) is 16.0 Å². The average Bonchev–Trinajstić information content (AvgIpc) is 3.65. The first-order valence-electron chi connectivity index (χ1n) is 16.1. The summed E-state index contributed by atoms with van der Waals surface area (Å²) in [6.07, 6.45) is 0. The number of hydrogen-bond acceptors (Lipinski definition) is 1. The van der Waals surface area contributed by atoms with Gasteiger partial charge in [0.05, 0.1) is 22.1 Å². The highest BCUT2D eigenvalue weighted by atomic mass is 15.1. The predicted molar refractivity (Wildman–Crippen MR) is 193 cm³/mol. The molecule has 9 aromatic rings. The molecule has 2 aromatic heterocycles. The fourth-order valence-electron chi connectivity index (χ4n) is 9.18. The molecule has 0 fully saturated rings. The Morgan fingerprint density at radius 1 is 0.370 bits per heavy atom. The molecule has 0 amide bonds. The summed E-state index contributed by atoms with van der Waals surface area (Å²) in [6.45, 7) is 0.0991. The molecule has 0 spiro atoms. The Hall–Kier alpha value is -6.00. The quantitative estimate of drug-likeness (QED) is 0.176. The summed E-state index contributed by atoms with van der Waals surface area (Å²) in [5.74, 6) is 0. The highest BCUT2D eigenvalue weighted by Gasteiger charge is 2.47. The van der Waals surface area contributed by atoms with E-state index in [0.29, 0.717) is 0 Å². The molecule has 46 heavy (non-hydrogen) atoms. The average molecular weight is 581 g/mol. The van der Waals surface area contributed by atoms with Crippen LogP contribution in [0.4, 0.5) is 11.4 Å². The third-order valence-corrected chi connectivity index (χ3v) is 10.8. The van der Waals surface area contributed by atoms with Gasteiger partial charge < -0.3 is 13.9 Å². The fourth-order valence-corrected chi connectivity index (χ4v) is 9.18. The molecule has 3 aliphatic rings. The van der Waals surface area contributed by atoms with Gasteiger partial charge in [0.15, 0.2) is 0 Å². The van der Waals surface area contributed by atoms with Crippen LogP contribution in [0.15, 0.2) is 146 Å². The van der Waals surface area contributed by atoms with Crippen LogP contribution in [0.1, 0.15) is 0 Å². The van der Waals surface area contributed by atoms with Crippen LogP contribution in [0.5, 0.6) is 0 Å². The van der Waals surface area contributed by atoms with E-state index in [1.54, 1.807) is 0 Å². The van der Waals surface area contributed by atoms with Crippen molar-refractivity contribution in [1.29, 1.82) is 0 Å².